The predicted octanol–water partition coefficient (Wildman–Crippen LogP) is 2.56. The van der Waals surface area contributed by atoms with Crippen LogP contribution in [-0.2, 0) is 4.74 Å². The third-order valence-corrected chi connectivity index (χ3v) is 5.21. The Hall–Kier alpha value is -1.76. The summed E-state index contributed by atoms with van der Waals surface area (Å²) < 4.78 is 5.42. The zero-order valence-electron chi connectivity index (χ0n) is 14.1. The summed E-state index contributed by atoms with van der Waals surface area (Å²) in [5.74, 6) is -0.0474. The van der Waals surface area contributed by atoms with Crippen molar-refractivity contribution >= 4 is 17.2 Å². The Morgan fingerprint density at radius 3 is 2.62 bits per heavy atom. The Bertz CT molecular complexity index is 678. The van der Waals surface area contributed by atoms with Gasteiger partial charge in [-0.25, -0.2) is 4.98 Å². The van der Waals surface area contributed by atoms with Crippen molar-refractivity contribution in [1.82, 2.24) is 15.2 Å². The first kappa shape index (κ1) is 17.1. The third kappa shape index (κ3) is 4.20. The first-order valence-corrected chi connectivity index (χ1v) is 9.09. The van der Waals surface area contributed by atoms with Gasteiger partial charge in [-0.05, 0) is 19.4 Å². The zero-order chi connectivity index (χ0) is 16.9. The quantitative estimate of drug-likeness (QED) is 0.905. The SMILES string of the molecule is Cc1ccc([C@H](CN2CCOCC2)NC(=O)c2scnc2C)cc1. The van der Waals surface area contributed by atoms with Crippen molar-refractivity contribution in [1.29, 1.82) is 0 Å². The highest BCUT2D eigenvalue weighted by Gasteiger charge is 2.22. The maximum atomic E-state index is 12.6. The summed E-state index contributed by atoms with van der Waals surface area (Å²) in [4.78, 5) is 19.8. The van der Waals surface area contributed by atoms with E-state index in [4.69, 9.17) is 4.74 Å². The van der Waals surface area contributed by atoms with Gasteiger partial charge in [-0.1, -0.05) is 29.8 Å². The minimum atomic E-state index is -0.0474. The van der Waals surface area contributed by atoms with Gasteiger partial charge in [0.25, 0.3) is 5.91 Å². The zero-order valence-corrected chi connectivity index (χ0v) is 14.9. The van der Waals surface area contributed by atoms with Crippen LogP contribution in [0.25, 0.3) is 0 Å². The van der Waals surface area contributed by atoms with Gasteiger partial charge >= 0.3 is 0 Å². The first-order valence-electron chi connectivity index (χ1n) is 8.21. The van der Waals surface area contributed by atoms with Crippen LogP contribution >= 0.6 is 11.3 Å². The maximum absolute atomic E-state index is 12.6. The monoisotopic (exact) mass is 345 g/mol. The third-order valence-electron chi connectivity index (χ3n) is 4.28. The molecule has 1 aliphatic heterocycles. The lowest BCUT2D eigenvalue weighted by Crippen LogP contribution is -2.43. The van der Waals surface area contributed by atoms with Crippen LogP contribution < -0.4 is 5.32 Å². The van der Waals surface area contributed by atoms with Crippen molar-refractivity contribution in [3.8, 4) is 0 Å². The van der Waals surface area contributed by atoms with Crippen LogP contribution in [0.15, 0.2) is 29.8 Å². The Morgan fingerprint density at radius 1 is 1.29 bits per heavy atom. The second kappa shape index (κ2) is 7.88. The average molecular weight is 345 g/mol. The van der Waals surface area contributed by atoms with E-state index in [2.05, 4.69) is 46.4 Å². The first-order chi connectivity index (χ1) is 11.6. The van der Waals surface area contributed by atoms with Gasteiger partial charge < -0.3 is 10.1 Å². The Kier molecular flexibility index (Phi) is 5.60. The van der Waals surface area contributed by atoms with Gasteiger partial charge in [-0.3, -0.25) is 9.69 Å². The van der Waals surface area contributed by atoms with E-state index in [0.717, 1.165) is 44.1 Å². The number of morpholine rings is 1. The van der Waals surface area contributed by atoms with E-state index in [0.29, 0.717) is 4.88 Å². The molecule has 0 aliphatic carbocycles. The van der Waals surface area contributed by atoms with Gasteiger partial charge in [0, 0.05) is 19.6 Å². The molecule has 1 aliphatic rings. The fraction of sp³-hybridized carbons (Fsp3) is 0.444. The summed E-state index contributed by atoms with van der Waals surface area (Å²) in [5, 5.41) is 3.19. The molecule has 1 aromatic heterocycles. The number of carbonyl (C=O) groups excluding carboxylic acids is 1. The highest BCUT2D eigenvalue weighted by molar-refractivity contribution is 7.11. The largest absolute Gasteiger partial charge is 0.379 e. The number of benzene rings is 1. The van der Waals surface area contributed by atoms with Crippen LogP contribution in [0.3, 0.4) is 0 Å². The van der Waals surface area contributed by atoms with Gasteiger partial charge in [0.05, 0.1) is 30.5 Å². The van der Waals surface area contributed by atoms with E-state index >= 15 is 0 Å². The van der Waals surface area contributed by atoms with Crippen LogP contribution in [0.2, 0.25) is 0 Å². The molecule has 5 nitrogen and oxygen atoms in total. The molecule has 1 fully saturated rings. The summed E-state index contributed by atoms with van der Waals surface area (Å²) >= 11 is 1.39. The molecule has 6 heteroatoms. The van der Waals surface area contributed by atoms with Gasteiger partial charge in [0.1, 0.15) is 4.88 Å². The molecular formula is C18H23N3O2S. The molecule has 3 rings (SSSR count). The van der Waals surface area contributed by atoms with E-state index in [1.54, 1.807) is 5.51 Å². The standard InChI is InChI=1S/C18H23N3O2S/c1-13-3-5-15(6-4-13)16(11-21-7-9-23-10-8-21)20-18(22)17-14(2)19-12-24-17/h3-6,12,16H,7-11H2,1-2H3,(H,20,22)/t16-/m0/s1. The normalized spacial score (nSPS) is 16.8. The number of thiazole rings is 1. The molecular weight excluding hydrogens is 322 g/mol. The highest BCUT2D eigenvalue weighted by atomic mass is 32.1. The van der Waals surface area contributed by atoms with Crippen molar-refractivity contribution in [2.75, 3.05) is 32.8 Å². The maximum Gasteiger partial charge on any atom is 0.263 e. The topological polar surface area (TPSA) is 54.5 Å². The fourth-order valence-corrected chi connectivity index (χ4v) is 3.52. The summed E-state index contributed by atoms with van der Waals surface area (Å²) in [7, 11) is 0. The lowest BCUT2D eigenvalue weighted by atomic mass is 10.0. The molecule has 128 valence electrons. The van der Waals surface area contributed by atoms with Crippen molar-refractivity contribution in [2.45, 2.75) is 19.9 Å². The Balaban J connectivity index is 1.77. The summed E-state index contributed by atoms with van der Waals surface area (Å²) in [6.07, 6.45) is 0. The molecule has 0 bridgehead atoms. The number of rotatable bonds is 5. The number of hydrogen-bond donors (Lipinski definition) is 1. The number of nitrogens with one attached hydrogen (secondary N) is 1. The Morgan fingerprint density at radius 2 is 2.00 bits per heavy atom. The average Bonchev–Trinajstić information content (AvgIpc) is 3.02. The minimum absolute atomic E-state index is 0.0438. The van der Waals surface area contributed by atoms with Crippen LogP contribution in [0.1, 0.15) is 32.5 Å². The minimum Gasteiger partial charge on any atom is -0.379 e. The van der Waals surface area contributed by atoms with Crippen molar-refractivity contribution in [3.63, 3.8) is 0 Å². The number of amides is 1. The second-order valence-corrected chi connectivity index (χ2v) is 6.97. The van der Waals surface area contributed by atoms with Gasteiger partial charge in [-0.15, -0.1) is 11.3 Å². The van der Waals surface area contributed by atoms with Gasteiger partial charge in [-0.2, -0.15) is 0 Å². The Labute approximate surface area is 146 Å². The fourth-order valence-electron chi connectivity index (χ4n) is 2.82. The van der Waals surface area contributed by atoms with Crippen molar-refractivity contribution < 1.29 is 9.53 Å². The summed E-state index contributed by atoms with van der Waals surface area (Å²) in [5.41, 5.74) is 4.84. The van der Waals surface area contributed by atoms with E-state index < -0.39 is 0 Å². The second-order valence-electron chi connectivity index (χ2n) is 6.12. The molecule has 1 N–H and O–H groups in total. The van der Waals surface area contributed by atoms with E-state index in [1.807, 2.05) is 6.92 Å². The summed E-state index contributed by atoms with van der Waals surface area (Å²) in [6.45, 7) is 8.03. The number of nitrogens with zero attached hydrogens (tertiary/aromatic N) is 2. The molecule has 1 atom stereocenters. The van der Waals surface area contributed by atoms with Crippen LogP contribution in [0.4, 0.5) is 0 Å². The smallest absolute Gasteiger partial charge is 0.263 e. The van der Waals surface area contributed by atoms with Crippen molar-refractivity contribution in [3.05, 3.63) is 51.5 Å². The molecule has 2 aromatic rings. The number of ether oxygens (including phenoxy) is 1. The number of carbonyl (C=O) groups is 1. The lowest BCUT2D eigenvalue weighted by Gasteiger charge is -2.31. The van der Waals surface area contributed by atoms with Crippen LogP contribution in [-0.4, -0.2) is 48.6 Å². The van der Waals surface area contributed by atoms with E-state index in [-0.39, 0.29) is 11.9 Å². The number of aryl methyl sites for hydroxylation is 2. The van der Waals surface area contributed by atoms with Crippen molar-refractivity contribution in [2.24, 2.45) is 0 Å². The van der Waals surface area contributed by atoms with Crippen LogP contribution in [0, 0.1) is 13.8 Å². The van der Waals surface area contributed by atoms with Crippen LogP contribution in [0.5, 0.6) is 0 Å². The molecule has 1 saturated heterocycles. The molecule has 1 amide bonds. The molecule has 1 aromatic carbocycles. The highest BCUT2D eigenvalue weighted by Crippen LogP contribution is 2.19. The number of aromatic nitrogens is 1. The van der Waals surface area contributed by atoms with E-state index in [1.165, 1.54) is 16.9 Å². The molecule has 0 saturated carbocycles. The molecule has 2 heterocycles. The lowest BCUT2D eigenvalue weighted by molar-refractivity contribution is 0.0332. The van der Waals surface area contributed by atoms with Gasteiger partial charge in [0.2, 0.25) is 0 Å². The number of hydrogen-bond acceptors (Lipinski definition) is 5. The molecule has 24 heavy (non-hydrogen) atoms. The molecule has 0 unspecified atom stereocenters. The molecule has 0 spiro atoms. The van der Waals surface area contributed by atoms with Gasteiger partial charge in [0.15, 0.2) is 0 Å². The van der Waals surface area contributed by atoms with E-state index in [9.17, 15) is 4.79 Å². The predicted molar refractivity (Wildman–Crippen MR) is 95.5 cm³/mol. The molecule has 0 radical (unpaired) electrons. The summed E-state index contributed by atoms with van der Waals surface area (Å²) in [6, 6.07) is 8.33.